The molecule has 0 saturated carbocycles. The Morgan fingerprint density at radius 3 is 1.32 bits per heavy atom. The molecule has 1 atom stereocenters. The quantitative estimate of drug-likeness (QED) is 0.0665. The third kappa shape index (κ3) is 29.9. The van der Waals surface area contributed by atoms with Crippen LogP contribution < -0.4 is 0 Å². The van der Waals surface area contributed by atoms with Crippen molar-refractivity contribution in [2.24, 2.45) is 5.92 Å². The van der Waals surface area contributed by atoms with Crippen molar-refractivity contribution >= 4 is 11.9 Å². The van der Waals surface area contributed by atoms with Gasteiger partial charge in [-0.15, -0.1) is 0 Å². The third-order valence-electron chi connectivity index (χ3n) is 7.83. The van der Waals surface area contributed by atoms with Gasteiger partial charge in [0.25, 0.3) is 0 Å². The van der Waals surface area contributed by atoms with Crippen LogP contribution in [0.3, 0.4) is 0 Å². The summed E-state index contributed by atoms with van der Waals surface area (Å²) in [6.07, 6.45) is 30.1. The van der Waals surface area contributed by atoms with Crippen LogP contribution in [0.4, 0.5) is 0 Å². The summed E-state index contributed by atoms with van der Waals surface area (Å²) in [7, 11) is 0. The van der Waals surface area contributed by atoms with Gasteiger partial charge >= 0.3 is 11.9 Å². The summed E-state index contributed by atoms with van der Waals surface area (Å²) in [6, 6.07) is 0. The molecule has 0 saturated heterocycles. The molecule has 0 aliphatic rings. The van der Waals surface area contributed by atoms with Gasteiger partial charge in [0.05, 0.1) is 6.61 Å². The molecule has 0 fully saturated rings. The van der Waals surface area contributed by atoms with Crippen LogP contribution in [0.15, 0.2) is 0 Å². The minimum Gasteiger partial charge on any atom is -0.462 e. The molecule has 0 aliphatic carbocycles. The number of esters is 2. The van der Waals surface area contributed by atoms with Crippen LogP contribution in [0.1, 0.15) is 188 Å². The molecule has 5 heteroatoms. The minimum atomic E-state index is -0.760. The lowest BCUT2D eigenvalue weighted by Crippen LogP contribution is -2.28. The van der Waals surface area contributed by atoms with Gasteiger partial charge in [-0.3, -0.25) is 9.59 Å². The van der Waals surface area contributed by atoms with E-state index in [1.54, 1.807) is 0 Å². The normalized spacial score (nSPS) is 12.1. The van der Waals surface area contributed by atoms with Gasteiger partial charge in [0.2, 0.25) is 0 Å². The van der Waals surface area contributed by atoms with E-state index in [2.05, 4.69) is 20.8 Å². The number of unbranched alkanes of at least 4 members (excludes halogenated alkanes) is 21. The van der Waals surface area contributed by atoms with E-state index in [0.29, 0.717) is 12.8 Å². The average Bonchev–Trinajstić information content (AvgIpc) is 2.93. The zero-order valence-corrected chi connectivity index (χ0v) is 27.0. The summed E-state index contributed by atoms with van der Waals surface area (Å²) in [5.41, 5.74) is 0. The first-order valence-electron chi connectivity index (χ1n) is 17.5. The average molecular weight is 569 g/mol. The molecule has 0 aromatic carbocycles. The van der Waals surface area contributed by atoms with E-state index >= 15 is 0 Å². The second-order valence-corrected chi connectivity index (χ2v) is 12.4. The van der Waals surface area contributed by atoms with E-state index in [-0.39, 0.29) is 25.2 Å². The van der Waals surface area contributed by atoms with Gasteiger partial charge in [0.15, 0.2) is 6.10 Å². The van der Waals surface area contributed by atoms with Crippen molar-refractivity contribution in [3.63, 3.8) is 0 Å². The van der Waals surface area contributed by atoms with Crippen molar-refractivity contribution < 1.29 is 24.2 Å². The highest BCUT2D eigenvalue weighted by Crippen LogP contribution is 2.15. The molecule has 0 aromatic heterocycles. The number of hydrogen-bond acceptors (Lipinski definition) is 5. The number of carbonyl (C=O) groups is 2. The van der Waals surface area contributed by atoms with Crippen LogP contribution in [0.2, 0.25) is 0 Å². The second kappa shape index (κ2) is 30.8. The monoisotopic (exact) mass is 569 g/mol. The Bertz CT molecular complexity index is 548. The Hall–Kier alpha value is -1.10. The Kier molecular flexibility index (Phi) is 30.0. The summed E-state index contributed by atoms with van der Waals surface area (Å²) in [4.78, 5) is 24.1. The summed E-state index contributed by atoms with van der Waals surface area (Å²) in [5, 5.41) is 9.50. The summed E-state index contributed by atoms with van der Waals surface area (Å²) >= 11 is 0. The summed E-state index contributed by atoms with van der Waals surface area (Å²) in [6.45, 7) is 6.47. The van der Waals surface area contributed by atoms with Gasteiger partial charge in [-0.2, -0.15) is 0 Å². The largest absolute Gasteiger partial charge is 0.462 e. The molecule has 1 N–H and O–H groups in total. The molecule has 40 heavy (non-hydrogen) atoms. The number of aliphatic hydroxyl groups is 1. The smallest absolute Gasteiger partial charge is 0.306 e. The molecule has 0 spiro atoms. The number of aliphatic hydroxyl groups excluding tert-OH is 1. The molecule has 0 unspecified atom stereocenters. The van der Waals surface area contributed by atoms with E-state index in [1.807, 2.05) is 0 Å². The molecule has 0 aromatic rings. The SMILES string of the molecule is CCCCCCCCCCCCCCCC(=O)O[C@@H](CO)COC(=O)CCCCCCCCCCCCC(C)C. The van der Waals surface area contributed by atoms with E-state index < -0.39 is 6.10 Å². The Balaban J connectivity index is 3.54. The van der Waals surface area contributed by atoms with Crippen molar-refractivity contribution in [3.05, 3.63) is 0 Å². The fraction of sp³-hybridized carbons (Fsp3) is 0.943. The van der Waals surface area contributed by atoms with Crippen molar-refractivity contribution in [1.29, 1.82) is 0 Å². The maximum absolute atomic E-state index is 12.1. The maximum atomic E-state index is 12.1. The minimum absolute atomic E-state index is 0.0587. The Morgan fingerprint density at radius 2 is 0.925 bits per heavy atom. The van der Waals surface area contributed by atoms with Gasteiger partial charge < -0.3 is 14.6 Å². The molecular formula is C35H68O5. The van der Waals surface area contributed by atoms with E-state index in [0.717, 1.165) is 44.4 Å². The second-order valence-electron chi connectivity index (χ2n) is 12.4. The number of carbonyl (C=O) groups excluding carboxylic acids is 2. The highest BCUT2D eigenvalue weighted by Gasteiger charge is 2.16. The molecule has 0 heterocycles. The van der Waals surface area contributed by atoms with E-state index in [4.69, 9.17) is 9.47 Å². The fourth-order valence-corrected chi connectivity index (χ4v) is 5.15. The van der Waals surface area contributed by atoms with Gasteiger partial charge in [0.1, 0.15) is 6.61 Å². The Labute approximate surface area is 248 Å². The molecule has 0 amide bonds. The predicted octanol–water partition coefficient (Wildman–Crippen LogP) is 10.3. The molecule has 238 valence electrons. The topological polar surface area (TPSA) is 72.8 Å². The molecule has 0 rings (SSSR count). The van der Waals surface area contributed by atoms with Crippen LogP contribution in [0.5, 0.6) is 0 Å². The van der Waals surface area contributed by atoms with Crippen molar-refractivity contribution in [2.45, 2.75) is 194 Å². The van der Waals surface area contributed by atoms with Gasteiger partial charge in [0, 0.05) is 12.8 Å². The van der Waals surface area contributed by atoms with Crippen molar-refractivity contribution in [1.82, 2.24) is 0 Å². The van der Waals surface area contributed by atoms with Crippen LogP contribution in [0.25, 0.3) is 0 Å². The molecule has 0 radical (unpaired) electrons. The first-order valence-corrected chi connectivity index (χ1v) is 17.5. The summed E-state index contributed by atoms with van der Waals surface area (Å²) < 4.78 is 10.6. The number of rotatable bonds is 31. The fourth-order valence-electron chi connectivity index (χ4n) is 5.15. The van der Waals surface area contributed by atoms with Gasteiger partial charge in [-0.1, -0.05) is 162 Å². The highest BCUT2D eigenvalue weighted by molar-refractivity contribution is 5.70. The predicted molar refractivity (Wildman–Crippen MR) is 168 cm³/mol. The van der Waals surface area contributed by atoms with Crippen LogP contribution in [-0.2, 0) is 19.1 Å². The third-order valence-corrected chi connectivity index (χ3v) is 7.83. The molecular weight excluding hydrogens is 500 g/mol. The zero-order chi connectivity index (χ0) is 29.5. The first kappa shape index (κ1) is 38.9. The standard InChI is InChI=1S/C35H68O5/c1-4-5-6-7-8-9-10-11-12-17-20-23-26-29-35(38)40-33(30-36)31-39-34(37)28-25-22-19-16-14-13-15-18-21-24-27-32(2)3/h32-33,36H,4-31H2,1-3H3/t33-/m0/s1. The lowest BCUT2D eigenvalue weighted by molar-refractivity contribution is -0.161. The van der Waals surface area contributed by atoms with Crippen LogP contribution in [0, 0.1) is 5.92 Å². The van der Waals surface area contributed by atoms with Crippen LogP contribution in [-0.4, -0.2) is 36.4 Å². The molecule has 5 nitrogen and oxygen atoms in total. The Morgan fingerprint density at radius 1 is 0.550 bits per heavy atom. The number of ether oxygens (including phenoxy) is 2. The van der Waals surface area contributed by atoms with Crippen molar-refractivity contribution in [2.75, 3.05) is 13.2 Å². The van der Waals surface area contributed by atoms with Crippen LogP contribution >= 0.6 is 0 Å². The van der Waals surface area contributed by atoms with Gasteiger partial charge in [-0.05, 0) is 18.8 Å². The number of hydrogen-bond donors (Lipinski definition) is 1. The van der Waals surface area contributed by atoms with Crippen molar-refractivity contribution in [3.8, 4) is 0 Å². The van der Waals surface area contributed by atoms with E-state index in [1.165, 1.54) is 116 Å². The van der Waals surface area contributed by atoms with Gasteiger partial charge in [-0.25, -0.2) is 0 Å². The first-order chi connectivity index (χ1) is 19.5. The maximum Gasteiger partial charge on any atom is 0.306 e. The highest BCUT2D eigenvalue weighted by atomic mass is 16.6. The van der Waals surface area contributed by atoms with E-state index in [9.17, 15) is 14.7 Å². The lowest BCUT2D eigenvalue weighted by Gasteiger charge is -2.15. The lowest BCUT2D eigenvalue weighted by atomic mass is 10.0. The zero-order valence-electron chi connectivity index (χ0n) is 27.0. The molecule has 0 bridgehead atoms. The summed E-state index contributed by atoms with van der Waals surface area (Å²) in [5.74, 6) is 0.246. The molecule has 0 aliphatic heterocycles.